The van der Waals surface area contributed by atoms with E-state index in [1.807, 2.05) is 7.05 Å². The second-order valence-electron chi connectivity index (χ2n) is 5.41. The third kappa shape index (κ3) is 2.92. The second-order valence-corrected chi connectivity index (χ2v) is 5.41. The first-order valence-electron chi connectivity index (χ1n) is 7.12. The van der Waals surface area contributed by atoms with Crippen molar-refractivity contribution in [1.82, 2.24) is 14.7 Å². The van der Waals surface area contributed by atoms with Crippen LogP contribution in [0, 0.1) is 0 Å². The van der Waals surface area contributed by atoms with Gasteiger partial charge in [0.2, 0.25) is 0 Å². The summed E-state index contributed by atoms with van der Waals surface area (Å²) in [4.78, 5) is 2.43. The Labute approximate surface area is 115 Å². The minimum atomic E-state index is -0.820. The molecule has 1 aliphatic rings. The van der Waals surface area contributed by atoms with Crippen LogP contribution in [0.5, 0.6) is 5.75 Å². The van der Waals surface area contributed by atoms with Crippen molar-refractivity contribution in [1.29, 1.82) is 0 Å². The number of aliphatic hydroxyl groups is 1. The van der Waals surface area contributed by atoms with E-state index in [0.717, 1.165) is 51.0 Å². The van der Waals surface area contributed by atoms with Gasteiger partial charge < -0.3 is 14.7 Å². The molecule has 1 aliphatic heterocycles. The zero-order chi connectivity index (χ0) is 13.9. The molecular formula is C14H25N3O2. The minimum absolute atomic E-state index is 0.689. The highest BCUT2D eigenvalue weighted by molar-refractivity contribution is 5.31. The second kappa shape index (κ2) is 5.92. The molecule has 1 saturated heterocycles. The van der Waals surface area contributed by atoms with E-state index in [1.165, 1.54) is 0 Å². The van der Waals surface area contributed by atoms with Gasteiger partial charge >= 0.3 is 0 Å². The number of rotatable bonds is 4. The molecule has 1 N–H and O–H groups in total. The van der Waals surface area contributed by atoms with Gasteiger partial charge in [0.05, 0.1) is 13.3 Å². The van der Waals surface area contributed by atoms with Crippen molar-refractivity contribution >= 4 is 0 Å². The Balaban J connectivity index is 2.20. The topological polar surface area (TPSA) is 50.5 Å². The fraction of sp³-hybridized carbons (Fsp3) is 0.786. The highest BCUT2D eigenvalue weighted by atomic mass is 16.5. The number of methoxy groups -OCH3 is 1. The monoisotopic (exact) mass is 267 g/mol. The molecule has 1 aromatic rings. The van der Waals surface area contributed by atoms with Crippen molar-refractivity contribution in [3.63, 3.8) is 0 Å². The van der Waals surface area contributed by atoms with Crippen LogP contribution < -0.4 is 4.74 Å². The van der Waals surface area contributed by atoms with Crippen molar-refractivity contribution in [2.24, 2.45) is 7.05 Å². The molecule has 0 spiro atoms. The van der Waals surface area contributed by atoms with E-state index in [9.17, 15) is 5.11 Å². The number of likely N-dealkylation sites (tertiary alicyclic amines) is 1. The molecule has 5 nitrogen and oxygen atoms in total. The summed E-state index contributed by atoms with van der Waals surface area (Å²) in [6.45, 7) is 5.30. The molecule has 0 aromatic carbocycles. The number of aromatic nitrogens is 2. The largest absolute Gasteiger partial charge is 0.493 e. The summed E-state index contributed by atoms with van der Waals surface area (Å²) in [6.07, 6.45) is 5.35. The fourth-order valence-corrected chi connectivity index (χ4v) is 3.05. The first-order valence-corrected chi connectivity index (χ1v) is 7.12. The average molecular weight is 267 g/mol. The number of ether oxygens (including phenoxy) is 1. The normalized spacial score (nSPS) is 25.3. The maximum absolute atomic E-state index is 11.0. The SMILES string of the molecule is CCCN1CCCC(O)(c2c(OC)cnn2C)CC1. The molecule has 0 bridgehead atoms. The lowest BCUT2D eigenvalue weighted by molar-refractivity contribution is 0.0112. The van der Waals surface area contributed by atoms with Gasteiger partial charge in [0.1, 0.15) is 11.3 Å². The molecule has 0 amide bonds. The van der Waals surface area contributed by atoms with Crippen LogP contribution in [0.1, 0.15) is 38.3 Å². The first-order chi connectivity index (χ1) is 9.10. The Morgan fingerprint density at radius 1 is 1.42 bits per heavy atom. The van der Waals surface area contributed by atoms with Gasteiger partial charge in [-0.25, -0.2) is 0 Å². The van der Waals surface area contributed by atoms with E-state index in [4.69, 9.17) is 4.74 Å². The van der Waals surface area contributed by atoms with Crippen molar-refractivity contribution in [2.75, 3.05) is 26.7 Å². The Morgan fingerprint density at radius 2 is 2.21 bits per heavy atom. The van der Waals surface area contributed by atoms with Gasteiger partial charge in [-0.15, -0.1) is 0 Å². The Hall–Kier alpha value is -1.07. The molecule has 5 heteroatoms. The van der Waals surface area contributed by atoms with E-state index < -0.39 is 5.60 Å². The summed E-state index contributed by atoms with van der Waals surface area (Å²) in [5.74, 6) is 0.689. The zero-order valence-corrected chi connectivity index (χ0v) is 12.2. The Bertz CT molecular complexity index is 419. The predicted octanol–water partition coefficient (Wildman–Crippen LogP) is 1.51. The van der Waals surface area contributed by atoms with Crippen molar-refractivity contribution < 1.29 is 9.84 Å². The standard InChI is InChI=1S/C14H25N3O2/c1-4-8-17-9-5-6-14(18,7-10-17)13-12(19-3)11-15-16(13)2/h11,18H,4-10H2,1-3H3. The Kier molecular flexibility index (Phi) is 4.47. The van der Waals surface area contributed by atoms with Crippen LogP contribution >= 0.6 is 0 Å². The van der Waals surface area contributed by atoms with E-state index in [0.29, 0.717) is 5.75 Å². The summed E-state index contributed by atoms with van der Waals surface area (Å²) in [6, 6.07) is 0. The van der Waals surface area contributed by atoms with Gasteiger partial charge in [0.15, 0.2) is 5.75 Å². The summed E-state index contributed by atoms with van der Waals surface area (Å²) in [5, 5.41) is 15.2. The van der Waals surface area contributed by atoms with Crippen LogP contribution in [0.15, 0.2) is 6.20 Å². The third-order valence-electron chi connectivity index (χ3n) is 4.01. The quantitative estimate of drug-likeness (QED) is 0.898. The van der Waals surface area contributed by atoms with Crippen LogP contribution in [0.25, 0.3) is 0 Å². The van der Waals surface area contributed by atoms with Crippen molar-refractivity contribution in [3.05, 3.63) is 11.9 Å². The maximum Gasteiger partial charge on any atom is 0.162 e. The van der Waals surface area contributed by atoms with Crippen LogP contribution in [-0.2, 0) is 12.6 Å². The average Bonchev–Trinajstić information content (AvgIpc) is 2.67. The summed E-state index contributed by atoms with van der Waals surface area (Å²) in [7, 11) is 3.49. The highest BCUT2D eigenvalue weighted by Gasteiger charge is 2.37. The van der Waals surface area contributed by atoms with Gasteiger partial charge in [0.25, 0.3) is 0 Å². The first kappa shape index (κ1) is 14.3. The fourth-order valence-electron chi connectivity index (χ4n) is 3.05. The van der Waals surface area contributed by atoms with Crippen molar-refractivity contribution in [2.45, 2.75) is 38.2 Å². The van der Waals surface area contributed by atoms with Gasteiger partial charge in [-0.3, -0.25) is 4.68 Å². The molecule has 0 radical (unpaired) electrons. The van der Waals surface area contributed by atoms with Gasteiger partial charge in [-0.05, 0) is 38.8 Å². The molecule has 2 heterocycles. The smallest absolute Gasteiger partial charge is 0.162 e. The molecule has 0 saturated carbocycles. The Morgan fingerprint density at radius 3 is 2.89 bits per heavy atom. The van der Waals surface area contributed by atoms with Gasteiger partial charge in [-0.2, -0.15) is 5.10 Å². The molecule has 1 aromatic heterocycles. The molecule has 1 unspecified atom stereocenters. The molecule has 0 aliphatic carbocycles. The summed E-state index contributed by atoms with van der Waals surface area (Å²) in [5.41, 5.74) is -0.00707. The van der Waals surface area contributed by atoms with E-state index >= 15 is 0 Å². The van der Waals surface area contributed by atoms with Gasteiger partial charge in [0, 0.05) is 13.6 Å². The maximum atomic E-state index is 11.0. The lowest BCUT2D eigenvalue weighted by Gasteiger charge is -2.28. The zero-order valence-electron chi connectivity index (χ0n) is 12.2. The molecular weight excluding hydrogens is 242 g/mol. The summed E-state index contributed by atoms with van der Waals surface area (Å²) >= 11 is 0. The highest BCUT2D eigenvalue weighted by Crippen LogP contribution is 2.37. The third-order valence-corrected chi connectivity index (χ3v) is 4.01. The molecule has 1 atom stereocenters. The molecule has 2 rings (SSSR count). The number of aryl methyl sites for hydroxylation is 1. The lowest BCUT2D eigenvalue weighted by Crippen LogP contribution is -2.31. The van der Waals surface area contributed by atoms with E-state index in [2.05, 4.69) is 16.9 Å². The molecule has 108 valence electrons. The van der Waals surface area contributed by atoms with Crippen LogP contribution in [0.3, 0.4) is 0 Å². The van der Waals surface area contributed by atoms with Crippen LogP contribution in [0.2, 0.25) is 0 Å². The van der Waals surface area contributed by atoms with Gasteiger partial charge in [-0.1, -0.05) is 6.92 Å². The molecule has 1 fully saturated rings. The lowest BCUT2D eigenvalue weighted by atomic mass is 9.90. The predicted molar refractivity (Wildman–Crippen MR) is 74.2 cm³/mol. The van der Waals surface area contributed by atoms with Crippen LogP contribution in [0.4, 0.5) is 0 Å². The minimum Gasteiger partial charge on any atom is -0.493 e. The van der Waals surface area contributed by atoms with E-state index in [-0.39, 0.29) is 0 Å². The number of hydrogen-bond acceptors (Lipinski definition) is 4. The van der Waals surface area contributed by atoms with Crippen molar-refractivity contribution in [3.8, 4) is 5.75 Å². The summed E-state index contributed by atoms with van der Waals surface area (Å²) < 4.78 is 7.09. The number of nitrogens with zero attached hydrogens (tertiary/aromatic N) is 3. The number of hydrogen-bond donors (Lipinski definition) is 1. The molecule has 19 heavy (non-hydrogen) atoms. The van der Waals surface area contributed by atoms with E-state index in [1.54, 1.807) is 18.0 Å². The van der Waals surface area contributed by atoms with Crippen LogP contribution in [-0.4, -0.2) is 46.5 Å².